The van der Waals surface area contributed by atoms with Crippen LogP contribution in [0.5, 0.6) is 0 Å². The van der Waals surface area contributed by atoms with Crippen molar-refractivity contribution in [2.45, 2.75) is 71.7 Å². The first kappa shape index (κ1) is 18.4. The van der Waals surface area contributed by atoms with Gasteiger partial charge in [0.2, 0.25) is 0 Å². The molecule has 22 heavy (non-hydrogen) atoms. The number of nitrogens with one attached hydrogen (secondary N) is 1. The molecule has 124 valence electrons. The standard InChI is InChI=1S/C16H26N2O4/c1-12(20)6-5-7-14(21-11-19)8-13-9-17-18-15(13)10-22-16(2,3)4/h9,11,14H,5-8,10H2,1-4H3,(H,17,18). The molecule has 6 heteroatoms. The van der Waals surface area contributed by atoms with Crippen LogP contribution in [0.25, 0.3) is 0 Å². The molecule has 1 atom stereocenters. The molecule has 0 saturated heterocycles. The number of carbonyl (C=O) groups excluding carboxylic acids is 2. The average molecular weight is 310 g/mol. The zero-order valence-corrected chi connectivity index (χ0v) is 13.8. The van der Waals surface area contributed by atoms with Gasteiger partial charge >= 0.3 is 0 Å². The second-order valence-corrected chi connectivity index (χ2v) is 6.43. The molecule has 1 rings (SSSR count). The number of aromatic amines is 1. The summed E-state index contributed by atoms with van der Waals surface area (Å²) in [6.45, 7) is 8.42. The first-order valence-electron chi connectivity index (χ1n) is 7.55. The number of carbonyl (C=O) groups is 2. The molecule has 1 N–H and O–H groups in total. The number of hydrogen-bond acceptors (Lipinski definition) is 5. The molecule has 0 aliphatic carbocycles. The highest BCUT2D eigenvalue weighted by Gasteiger charge is 2.17. The lowest BCUT2D eigenvalue weighted by Gasteiger charge is -2.20. The average Bonchev–Trinajstić information content (AvgIpc) is 2.82. The summed E-state index contributed by atoms with van der Waals surface area (Å²) in [6, 6.07) is 0. The molecule has 0 radical (unpaired) electrons. The molecule has 0 spiro atoms. The van der Waals surface area contributed by atoms with Gasteiger partial charge in [0.15, 0.2) is 0 Å². The summed E-state index contributed by atoms with van der Waals surface area (Å²) < 4.78 is 10.9. The summed E-state index contributed by atoms with van der Waals surface area (Å²) in [5.74, 6) is 0.146. The Morgan fingerprint density at radius 3 is 2.77 bits per heavy atom. The van der Waals surface area contributed by atoms with E-state index in [0.717, 1.165) is 11.3 Å². The van der Waals surface area contributed by atoms with Crippen LogP contribution in [0.1, 0.15) is 58.2 Å². The normalized spacial score (nSPS) is 12.9. The summed E-state index contributed by atoms with van der Waals surface area (Å²) in [5, 5.41) is 6.97. The molecule has 0 fully saturated rings. The van der Waals surface area contributed by atoms with Crippen LogP contribution in [-0.4, -0.2) is 34.2 Å². The molecule has 0 saturated carbocycles. The van der Waals surface area contributed by atoms with Gasteiger partial charge in [0.1, 0.15) is 11.9 Å². The zero-order chi connectivity index (χ0) is 16.6. The lowest BCUT2D eigenvalue weighted by molar-refractivity contribution is -0.133. The van der Waals surface area contributed by atoms with Gasteiger partial charge in [-0.3, -0.25) is 9.89 Å². The molecule has 1 unspecified atom stereocenters. The first-order chi connectivity index (χ1) is 10.3. The summed E-state index contributed by atoms with van der Waals surface area (Å²) in [4.78, 5) is 21.6. The molecule has 1 heterocycles. The Morgan fingerprint density at radius 2 is 2.18 bits per heavy atom. The number of rotatable bonds is 10. The Labute approximate surface area is 131 Å². The van der Waals surface area contributed by atoms with Gasteiger partial charge in [-0.25, -0.2) is 0 Å². The summed E-state index contributed by atoms with van der Waals surface area (Å²) in [5.41, 5.74) is 1.63. The molecule has 0 aromatic carbocycles. The maximum Gasteiger partial charge on any atom is 0.293 e. The number of hydrogen-bond donors (Lipinski definition) is 1. The van der Waals surface area contributed by atoms with Crippen molar-refractivity contribution in [3.8, 4) is 0 Å². The predicted molar refractivity (Wildman–Crippen MR) is 82.3 cm³/mol. The number of ether oxygens (including phenoxy) is 2. The van der Waals surface area contributed by atoms with E-state index in [-0.39, 0.29) is 17.5 Å². The Kier molecular flexibility index (Phi) is 7.24. The van der Waals surface area contributed by atoms with Gasteiger partial charge in [0.25, 0.3) is 6.47 Å². The van der Waals surface area contributed by atoms with Crippen molar-refractivity contribution in [2.24, 2.45) is 0 Å². The molecule has 0 bridgehead atoms. The Bertz CT molecular complexity index is 477. The van der Waals surface area contributed by atoms with E-state index in [1.807, 2.05) is 20.8 Å². The largest absolute Gasteiger partial charge is 0.464 e. The van der Waals surface area contributed by atoms with Crippen LogP contribution in [0.2, 0.25) is 0 Å². The lowest BCUT2D eigenvalue weighted by atomic mass is 10.0. The van der Waals surface area contributed by atoms with Crippen LogP contribution >= 0.6 is 0 Å². The van der Waals surface area contributed by atoms with E-state index in [1.54, 1.807) is 13.1 Å². The topological polar surface area (TPSA) is 81.3 Å². The van der Waals surface area contributed by atoms with Crippen molar-refractivity contribution >= 4 is 12.3 Å². The van der Waals surface area contributed by atoms with E-state index in [9.17, 15) is 9.59 Å². The molecule has 1 aromatic heterocycles. The molecule has 0 amide bonds. The SMILES string of the molecule is CC(=O)CCCC(Cc1cn[nH]c1COC(C)(C)C)OC=O. The molecule has 0 aliphatic heterocycles. The third kappa shape index (κ3) is 7.36. The highest BCUT2D eigenvalue weighted by atomic mass is 16.5. The second kappa shape index (κ2) is 8.68. The quantitative estimate of drug-likeness (QED) is 0.672. The third-order valence-electron chi connectivity index (χ3n) is 3.21. The Balaban J connectivity index is 2.59. The molecule has 1 aromatic rings. The van der Waals surface area contributed by atoms with Crippen molar-refractivity contribution in [1.82, 2.24) is 10.2 Å². The number of H-pyrrole nitrogens is 1. The lowest BCUT2D eigenvalue weighted by Crippen LogP contribution is -2.20. The van der Waals surface area contributed by atoms with Crippen molar-refractivity contribution in [3.05, 3.63) is 17.5 Å². The maximum absolute atomic E-state index is 11.0. The minimum atomic E-state index is -0.247. The maximum atomic E-state index is 11.0. The van der Waals surface area contributed by atoms with Gasteiger partial charge in [-0.1, -0.05) is 0 Å². The molecular formula is C16H26N2O4. The van der Waals surface area contributed by atoms with Crippen molar-refractivity contribution < 1.29 is 19.1 Å². The fourth-order valence-electron chi connectivity index (χ4n) is 2.05. The number of Topliss-reactive ketones (excluding diaryl/α,β-unsaturated/α-hetero) is 1. The second-order valence-electron chi connectivity index (χ2n) is 6.43. The smallest absolute Gasteiger partial charge is 0.293 e. The van der Waals surface area contributed by atoms with Crippen LogP contribution < -0.4 is 0 Å². The molecule has 6 nitrogen and oxygen atoms in total. The fourth-order valence-corrected chi connectivity index (χ4v) is 2.05. The van der Waals surface area contributed by atoms with E-state index in [1.165, 1.54) is 0 Å². The van der Waals surface area contributed by atoms with Crippen LogP contribution in [0.4, 0.5) is 0 Å². The summed E-state index contributed by atoms with van der Waals surface area (Å²) >= 11 is 0. The Morgan fingerprint density at radius 1 is 1.45 bits per heavy atom. The van der Waals surface area contributed by atoms with E-state index in [4.69, 9.17) is 9.47 Å². The van der Waals surface area contributed by atoms with Crippen LogP contribution in [0.15, 0.2) is 6.20 Å². The van der Waals surface area contributed by atoms with Crippen molar-refractivity contribution in [2.75, 3.05) is 0 Å². The van der Waals surface area contributed by atoms with Crippen molar-refractivity contribution in [3.63, 3.8) is 0 Å². The predicted octanol–water partition coefficient (Wildman–Crippen LogP) is 2.57. The number of ketones is 1. The fraction of sp³-hybridized carbons (Fsp3) is 0.688. The van der Waals surface area contributed by atoms with Crippen LogP contribution in [0.3, 0.4) is 0 Å². The highest BCUT2D eigenvalue weighted by molar-refractivity contribution is 5.75. The van der Waals surface area contributed by atoms with Gasteiger partial charge in [0.05, 0.1) is 24.1 Å². The third-order valence-corrected chi connectivity index (χ3v) is 3.21. The number of aromatic nitrogens is 2. The zero-order valence-electron chi connectivity index (χ0n) is 13.8. The number of nitrogens with zero attached hydrogens (tertiary/aromatic N) is 1. The monoisotopic (exact) mass is 310 g/mol. The van der Waals surface area contributed by atoms with Gasteiger partial charge in [-0.05, 0) is 46.1 Å². The van der Waals surface area contributed by atoms with Crippen molar-refractivity contribution in [1.29, 1.82) is 0 Å². The van der Waals surface area contributed by atoms with Gasteiger partial charge < -0.3 is 14.3 Å². The van der Waals surface area contributed by atoms with Gasteiger partial charge in [0, 0.05) is 12.8 Å². The minimum Gasteiger partial charge on any atom is -0.464 e. The summed E-state index contributed by atoms with van der Waals surface area (Å²) in [6.07, 6.45) is 3.92. The minimum absolute atomic E-state index is 0.146. The van der Waals surface area contributed by atoms with E-state index < -0.39 is 0 Å². The molecular weight excluding hydrogens is 284 g/mol. The van der Waals surface area contributed by atoms with Crippen LogP contribution in [-0.2, 0) is 32.1 Å². The van der Waals surface area contributed by atoms with Gasteiger partial charge in [-0.15, -0.1) is 0 Å². The van der Waals surface area contributed by atoms with E-state index in [0.29, 0.717) is 38.8 Å². The van der Waals surface area contributed by atoms with Crippen LogP contribution in [0, 0.1) is 0 Å². The van der Waals surface area contributed by atoms with Gasteiger partial charge in [-0.2, -0.15) is 5.10 Å². The Hall–Kier alpha value is -1.69. The van der Waals surface area contributed by atoms with E-state index in [2.05, 4.69) is 10.2 Å². The first-order valence-corrected chi connectivity index (χ1v) is 7.55. The summed E-state index contributed by atoms with van der Waals surface area (Å²) in [7, 11) is 0. The highest BCUT2D eigenvalue weighted by Crippen LogP contribution is 2.17. The molecule has 0 aliphatic rings. The van der Waals surface area contributed by atoms with E-state index >= 15 is 0 Å².